The van der Waals surface area contributed by atoms with Gasteiger partial charge in [0.15, 0.2) is 0 Å². The summed E-state index contributed by atoms with van der Waals surface area (Å²) in [5.41, 5.74) is 2.42. The van der Waals surface area contributed by atoms with E-state index in [1.165, 1.54) is 31.5 Å². The van der Waals surface area contributed by atoms with Gasteiger partial charge >= 0.3 is 0 Å². The second kappa shape index (κ2) is 7.17. The molecule has 1 aromatic carbocycles. The van der Waals surface area contributed by atoms with Crippen molar-refractivity contribution in [3.05, 3.63) is 23.8 Å². The van der Waals surface area contributed by atoms with E-state index in [9.17, 15) is 0 Å². The van der Waals surface area contributed by atoms with E-state index >= 15 is 0 Å². The molecule has 0 spiro atoms. The summed E-state index contributed by atoms with van der Waals surface area (Å²) in [5, 5.41) is 3.49. The lowest BCUT2D eigenvalue weighted by molar-refractivity contribution is 0.116. The van der Waals surface area contributed by atoms with E-state index in [1.807, 2.05) is 0 Å². The predicted octanol–water partition coefficient (Wildman–Crippen LogP) is 3.93. The number of hydrogen-bond donors (Lipinski definition) is 1. The first-order chi connectivity index (χ1) is 10.0. The van der Waals surface area contributed by atoms with Crippen molar-refractivity contribution in [3.8, 4) is 5.75 Å². The third-order valence-corrected chi connectivity index (χ3v) is 3.93. The topological polar surface area (TPSA) is 24.5 Å². The van der Waals surface area contributed by atoms with Crippen LogP contribution >= 0.6 is 0 Å². The lowest BCUT2D eigenvalue weighted by atomic mass is 10.0. The number of anilines is 1. The van der Waals surface area contributed by atoms with Gasteiger partial charge in [-0.25, -0.2) is 0 Å². The molecule has 0 radical (unpaired) electrons. The Morgan fingerprint density at radius 3 is 2.52 bits per heavy atom. The molecular formula is C18H30N2O. The van der Waals surface area contributed by atoms with Gasteiger partial charge in [-0.2, -0.15) is 0 Å². The zero-order chi connectivity index (χ0) is 15.3. The molecule has 0 bridgehead atoms. The Kier molecular flexibility index (Phi) is 5.51. The van der Waals surface area contributed by atoms with Gasteiger partial charge < -0.3 is 15.0 Å². The first-order valence-electron chi connectivity index (χ1n) is 8.32. The van der Waals surface area contributed by atoms with Gasteiger partial charge in [0.2, 0.25) is 0 Å². The average Bonchev–Trinajstić information content (AvgIpc) is 2.44. The molecule has 0 saturated heterocycles. The van der Waals surface area contributed by atoms with Crippen LogP contribution in [0.5, 0.6) is 5.75 Å². The molecule has 3 heteroatoms. The Hall–Kier alpha value is -1.22. The molecule has 0 amide bonds. The molecule has 0 unspecified atom stereocenters. The first-order valence-corrected chi connectivity index (χ1v) is 8.32. The largest absolute Gasteiger partial charge is 0.484 e. The van der Waals surface area contributed by atoms with E-state index in [-0.39, 0.29) is 5.60 Å². The molecule has 1 N–H and O–H groups in total. The molecule has 0 fully saturated rings. The van der Waals surface area contributed by atoms with Crippen LogP contribution in [0.2, 0.25) is 0 Å². The van der Waals surface area contributed by atoms with E-state index in [1.54, 1.807) is 0 Å². The minimum Gasteiger partial charge on any atom is -0.484 e. The van der Waals surface area contributed by atoms with Crippen LogP contribution in [0.3, 0.4) is 0 Å². The third-order valence-electron chi connectivity index (χ3n) is 3.93. The van der Waals surface area contributed by atoms with E-state index in [4.69, 9.17) is 4.74 Å². The summed E-state index contributed by atoms with van der Waals surface area (Å²) in [5.74, 6) is 0.981. The zero-order valence-electron chi connectivity index (χ0n) is 14.0. The molecule has 0 atom stereocenters. The molecule has 0 aromatic heterocycles. The molecule has 1 aliphatic rings. The van der Waals surface area contributed by atoms with Gasteiger partial charge in [-0.15, -0.1) is 0 Å². The summed E-state index contributed by atoms with van der Waals surface area (Å²) in [6, 6.07) is 6.57. The number of rotatable bonds is 7. The Bertz CT molecular complexity index is 451. The molecule has 0 aliphatic carbocycles. The van der Waals surface area contributed by atoms with Gasteiger partial charge in [0.05, 0.1) is 12.2 Å². The average molecular weight is 290 g/mol. The maximum atomic E-state index is 6.00. The van der Waals surface area contributed by atoms with Gasteiger partial charge in [0.25, 0.3) is 0 Å². The number of benzene rings is 1. The standard InChI is InChI=1S/C18H30N2O/c1-5-10-20(11-6-2)12-9-15-7-8-17-16(13-15)19-14-18(3,4)21-17/h7-8,13,19H,5-6,9-12,14H2,1-4H3. The summed E-state index contributed by atoms with van der Waals surface area (Å²) in [6.45, 7) is 13.2. The van der Waals surface area contributed by atoms with Crippen LogP contribution in [0.25, 0.3) is 0 Å². The van der Waals surface area contributed by atoms with Crippen molar-refractivity contribution >= 4 is 5.69 Å². The quantitative estimate of drug-likeness (QED) is 0.823. The van der Waals surface area contributed by atoms with Crippen molar-refractivity contribution < 1.29 is 4.74 Å². The van der Waals surface area contributed by atoms with Crippen molar-refractivity contribution in [2.45, 2.75) is 52.6 Å². The number of hydrogen-bond acceptors (Lipinski definition) is 3. The monoisotopic (exact) mass is 290 g/mol. The SMILES string of the molecule is CCCN(CCC)CCc1ccc2c(c1)NCC(C)(C)O2. The highest BCUT2D eigenvalue weighted by atomic mass is 16.5. The van der Waals surface area contributed by atoms with Crippen LogP contribution in [0, 0.1) is 0 Å². The fourth-order valence-electron chi connectivity index (χ4n) is 2.86. The van der Waals surface area contributed by atoms with E-state index in [0.29, 0.717) is 0 Å². The molecule has 1 heterocycles. The molecule has 1 aromatic rings. The van der Waals surface area contributed by atoms with Crippen molar-refractivity contribution in [1.29, 1.82) is 0 Å². The summed E-state index contributed by atoms with van der Waals surface area (Å²) in [7, 11) is 0. The maximum absolute atomic E-state index is 6.00. The summed E-state index contributed by atoms with van der Waals surface area (Å²) >= 11 is 0. The lowest BCUT2D eigenvalue weighted by Crippen LogP contribution is -2.40. The highest BCUT2D eigenvalue weighted by Crippen LogP contribution is 2.33. The Morgan fingerprint density at radius 1 is 1.14 bits per heavy atom. The highest BCUT2D eigenvalue weighted by Gasteiger charge is 2.26. The molecule has 0 saturated carbocycles. The smallest absolute Gasteiger partial charge is 0.143 e. The van der Waals surface area contributed by atoms with Crippen molar-refractivity contribution in [1.82, 2.24) is 4.90 Å². The number of ether oxygens (including phenoxy) is 1. The van der Waals surface area contributed by atoms with Crippen molar-refractivity contribution in [2.75, 3.05) is 31.5 Å². The Morgan fingerprint density at radius 2 is 1.86 bits per heavy atom. The van der Waals surface area contributed by atoms with Gasteiger partial charge in [0, 0.05) is 6.54 Å². The number of fused-ring (bicyclic) bond motifs is 1. The van der Waals surface area contributed by atoms with Crippen LogP contribution in [0.4, 0.5) is 5.69 Å². The second-order valence-corrected chi connectivity index (χ2v) is 6.64. The number of nitrogens with one attached hydrogen (secondary N) is 1. The summed E-state index contributed by atoms with van der Waals surface area (Å²) in [4.78, 5) is 2.56. The lowest BCUT2D eigenvalue weighted by Gasteiger charge is -2.33. The van der Waals surface area contributed by atoms with Gasteiger partial charge in [-0.1, -0.05) is 19.9 Å². The molecule has 118 valence electrons. The van der Waals surface area contributed by atoms with E-state index < -0.39 is 0 Å². The molecule has 3 nitrogen and oxygen atoms in total. The highest BCUT2D eigenvalue weighted by molar-refractivity contribution is 5.60. The van der Waals surface area contributed by atoms with Crippen LogP contribution in [-0.2, 0) is 6.42 Å². The van der Waals surface area contributed by atoms with Crippen molar-refractivity contribution in [2.24, 2.45) is 0 Å². The van der Waals surface area contributed by atoms with Gasteiger partial charge in [0.1, 0.15) is 11.4 Å². The number of nitrogens with zero attached hydrogens (tertiary/aromatic N) is 1. The Balaban J connectivity index is 1.96. The minimum absolute atomic E-state index is 0.117. The second-order valence-electron chi connectivity index (χ2n) is 6.64. The molecular weight excluding hydrogens is 260 g/mol. The molecule has 21 heavy (non-hydrogen) atoms. The summed E-state index contributed by atoms with van der Waals surface area (Å²) in [6.07, 6.45) is 3.57. The Labute approximate surface area is 129 Å². The van der Waals surface area contributed by atoms with E-state index in [2.05, 4.69) is 56.1 Å². The third kappa shape index (κ3) is 4.63. The first kappa shape index (κ1) is 16.2. The van der Waals surface area contributed by atoms with Gasteiger partial charge in [-0.3, -0.25) is 0 Å². The van der Waals surface area contributed by atoms with E-state index in [0.717, 1.165) is 30.9 Å². The van der Waals surface area contributed by atoms with Crippen LogP contribution in [-0.4, -0.2) is 36.7 Å². The zero-order valence-corrected chi connectivity index (χ0v) is 14.0. The fourth-order valence-corrected chi connectivity index (χ4v) is 2.86. The predicted molar refractivity (Wildman–Crippen MR) is 90.4 cm³/mol. The maximum Gasteiger partial charge on any atom is 0.143 e. The minimum atomic E-state index is -0.117. The van der Waals surface area contributed by atoms with Crippen LogP contribution < -0.4 is 10.1 Å². The normalized spacial score (nSPS) is 16.2. The van der Waals surface area contributed by atoms with Crippen molar-refractivity contribution in [3.63, 3.8) is 0 Å². The molecule has 1 aliphatic heterocycles. The van der Waals surface area contributed by atoms with Gasteiger partial charge in [-0.05, 0) is 63.9 Å². The van der Waals surface area contributed by atoms with Crippen LogP contribution in [0.15, 0.2) is 18.2 Å². The molecule has 2 rings (SSSR count). The fraction of sp³-hybridized carbons (Fsp3) is 0.667. The van der Waals surface area contributed by atoms with Crippen LogP contribution in [0.1, 0.15) is 46.1 Å². The summed E-state index contributed by atoms with van der Waals surface area (Å²) < 4.78 is 6.00.